The first-order chi connectivity index (χ1) is 11.6. The molecule has 0 bridgehead atoms. The van der Waals surface area contributed by atoms with E-state index in [1.807, 2.05) is 30.5 Å². The van der Waals surface area contributed by atoms with Crippen molar-refractivity contribution in [1.29, 1.82) is 0 Å². The number of hydrogen-bond donors (Lipinski definition) is 1. The molecule has 1 aromatic carbocycles. The molecule has 124 valence electrons. The van der Waals surface area contributed by atoms with E-state index in [9.17, 15) is 4.79 Å². The summed E-state index contributed by atoms with van der Waals surface area (Å²) in [6, 6.07) is 9.29. The molecule has 0 unspecified atom stereocenters. The maximum atomic E-state index is 12.1. The molecule has 9 heteroatoms. The summed E-state index contributed by atoms with van der Waals surface area (Å²) in [7, 11) is 0. The summed E-state index contributed by atoms with van der Waals surface area (Å²) in [6.07, 6.45) is 3.66. The number of benzene rings is 1. The largest absolute Gasteiger partial charge is 0.325 e. The molecular weight excluding hydrogens is 387 g/mol. The average molecular weight is 399 g/mol. The van der Waals surface area contributed by atoms with Crippen LogP contribution in [-0.4, -0.2) is 32.5 Å². The van der Waals surface area contributed by atoms with Crippen LogP contribution in [0, 0.1) is 0 Å². The minimum Gasteiger partial charge on any atom is -0.325 e. The highest BCUT2D eigenvalue weighted by Gasteiger charge is 2.12. The average Bonchev–Trinajstić information content (AvgIpc) is 2.96. The second kappa shape index (κ2) is 7.65. The SMILES string of the molecule is CSc1cccc(NC(=O)CSc2nnc3c(Cl)cc(Cl)cn23)c1. The summed E-state index contributed by atoms with van der Waals surface area (Å²) >= 11 is 15.0. The smallest absolute Gasteiger partial charge is 0.234 e. The van der Waals surface area contributed by atoms with Gasteiger partial charge in [0, 0.05) is 16.8 Å². The molecule has 1 amide bonds. The first-order valence-corrected chi connectivity index (χ1v) is 9.80. The van der Waals surface area contributed by atoms with Gasteiger partial charge in [0.2, 0.25) is 5.91 Å². The molecule has 0 saturated heterocycles. The fourth-order valence-electron chi connectivity index (χ4n) is 2.03. The second-order valence-electron chi connectivity index (χ2n) is 4.75. The summed E-state index contributed by atoms with van der Waals surface area (Å²) in [5.41, 5.74) is 1.28. The zero-order valence-corrected chi connectivity index (χ0v) is 15.6. The van der Waals surface area contributed by atoms with E-state index in [0.717, 1.165) is 10.6 Å². The molecule has 2 aromatic heterocycles. The van der Waals surface area contributed by atoms with Gasteiger partial charge in [0.25, 0.3) is 0 Å². The van der Waals surface area contributed by atoms with Crippen LogP contribution in [0.5, 0.6) is 0 Å². The van der Waals surface area contributed by atoms with E-state index in [0.29, 0.717) is 20.8 Å². The van der Waals surface area contributed by atoms with Crippen molar-refractivity contribution in [1.82, 2.24) is 14.6 Å². The Bertz CT molecular complexity index is 900. The van der Waals surface area contributed by atoms with E-state index in [2.05, 4.69) is 15.5 Å². The number of carbonyl (C=O) groups is 1. The predicted molar refractivity (Wildman–Crippen MR) is 101 cm³/mol. The van der Waals surface area contributed by atoms with Gasteiger partial charge in [0.1, 0.15) is 0 Å². The molecule has 24 heavy (non-hydrogen) atoms. The third kappa shape index (κ3) is 3.97. The second-order valence-corrected chi connectivity index (χ2v) is 7.42. The van der Waals surface area contributed by atoms with Gasteiger partial charge in [0.15, 0.2) is 10.8 Å². The van der Waals surface area contributed by atoms with Crippen LogP contribution in [0.3, 0.4) is 0 Å². The fraction of sp³-hybridized carbons (Fsp3) is 0.133. The highest BCUT2D eigenvalue weighted by atomic mass is 35.5. The van der Waals surface area contributed by atoms with E-state index in [1.165, 1.54) is 11.8 Å². The van der Waals surface area contributed by atoms with Gasteiger partial charge in [-0.15, -0.1) is 22.0 Å². The number of hydrogen-bond acceptors (Lipinski definition) is 5. The molecule has 0 aliphatic rings. The van der Waals surface area contributed by atoms with Gasteiger partial charge >= 0.3 is 0 Å². The highest BCUT2D eigenvalue weighted by Crippen LogP contribution is 2.25. The minimum absolute atomic E-state index is 0.122. The van der Waals surface area contributed by atoms with Crippen LogP contribution < -0.4 is 5.32 Å². The third-order valence-electron chi connectivity index (χ3n) is 3.08. The Morgan fingerprint density at radius 2 is 2.12 bits per heavy atom. The van der Waals surface area contributed by atoms with Gasteiger partial charge in [-0.3, -0.25) is 9.20 Å². The Labute approximate surface area is 157 Å². The van der Waals surface area contributed by atoms with Crippen molar-refractivity contribution in [2.45, 2.75) is 10.1 Å². The van der Waals surface area contributed by atoms with Crippen LogP contribution in [0.2, 0.25) is 10.0 Å². The van der Waals surface area contributed by atoms with E-state index in [4.69, 9.17) is 23.2 Å². The maximum Gasteiger partial charge on any atom is 0.234 e. The quantitative estimate of drug-likeness (QED) is 0.641. The zero-order valence-electron chi connectivity index (χ0n) is 12.5. The molecule has 3 aromatic rings. The Balaban J connectivity index is 1.68. The third-order valence-corrected chi connectivity index (χ3v) is 5.23. The molecule has 2 heterocycles. The summed E-state index contributed by atoms with van der Waals surface area (Å²) < 4.78 is 1.68. The molecule has 0 spiro atoms. The lowest BCUT2D eigenvalue weighted by molar-refractivity contribution is -0.113. The van der Waals surface area contributed by atoms with Crippen molar-refractivity contribution in [3.05, 3.63) is 46.6 Å². The summed E-state index contributed by atoms with van der Waals surface area (Å²) in [6.45, 7) is 0. The predicted octanol–water partition coefficient (Wildman–Crippen LogP) is 4.49. The number of amides is 1. The van der Waals surface area contributed by atoms with E-state index in [1.54, 1.807) is 28.4 Å². The molecule has 0 fully saturated rings. The van der Waals surface area contributed by atoms with E-state index < -0.39 is 0 Å². The Morgan fingerprint density at radius 1 is 1.29 bits per heavy atom. The number of thioether (sulfide) groups is 2. The number of nitrogens with zero attached hydrogens (tertiary/aromatic N) is 3. The van der Waals surface area contributed by atoms with E-state index >= 15 is 0 Å². The van der Waals surface area contributed by atoms with Gasteiger partial charge in [0.05, 0.1) is 15.8 Å². The lowest BCUT2D eigenvalue weighted by Gasteiger charge is -2.06. The Kier molecular flexibility index (Phi) is 5.55. The number of fused-ring (bicyclic) bond motifs is 1. The van der Waals surface area contributed by atoms with Gasteiger partial charge in [-0.05, 0) is 30.5 Å². The van der Waals surface area contributed by atoms with Crippen molar-refractivity contribution in [2.75, 3.05) is 17.3 Å². The molecule has 0 aliphatic heterocycles. The number of aromatic nitrogens is 3. The standard InChI is InChI=1S/C15H12Cl2N4OS2/c1-23-11-4-2-3-10(6-11)18-13(22)8-24-15-20-19-14-12(17)5-9(16)7-21(14)15/h2-7H,8H2,1H3,(H,18,22). The lowest BCUT2D eigenvalue weighted by Crippen LogP contribution is -2.14. The van der Waals surface area contributed by atoms with Crippen molar-refractivity contribution >= 4 is 64.0 Å². The van der Waals surface area contributed by atoms with Crippen LogP contribution in [0.15, 0.2) is 46.6 Å². The highest BCUT2D eigenvalue weighted by molar-refractivity contribution is 7.99. The van der Waals surface area contributed by atoms with Gasteiger partial charge < -0.3 is 5.32 Å². The number of carbonyl (C=O) groups excluding carboxylic acids is 1. The molecule has 0 atom stereocenters. The maximum absolute atomic E-state index is 12.1. The molecule has 5 nitrogen and oxygen atoms in total. The van der Waals surface area contributed by atoms with Crippen LogP contribution in [0.4, 0.5) is 5.69 Å². The Morgan fingerprint density at radius 3 is 2.92 bits per heavy atom. The number of nitrogens with one attached hydrogen (secondary N) is 1. The number of anilines is 1. The number of halogens is 2. The first-order valence-electron chi connectivity index (χ1n) is 6.83. The van der Waals surface area contributed by atoms with Crippen LogP contribution in [0.1, 0.15) is 0 Å². The van der Waals surface area contributed by atoms with Gasteiger partial charge in [-0.2, -0.15) is 0 Å². The minimum atomic E-state index is -0.122. The van der Waals surface area contributed by atoms with Crippen LogP contribution in [0.25, 0.3) is 5.65 Å². The lowest BCUT2D eigenvalue weighted by atomic mass is 10.3. The number of rotatable bonds is 5. The summed E-state index contributed by atoms with van der Waals surface area (Å²) in [5.74, 6) is 0.0807. The molecule has 3 rings (SSSR count). The Hall–Kier alpha value is -1.41. The van der Waals surface area contributed by atoms with Gasteiger partial charge in [-0.1, -0.05) is 41.0 Å². The van der Waals surface area contributed by atoms with Crippen molar-refractivity contribution < 1.29 is 4.79 Å². The molecule has 0 saturated carbocycles. The molecule has 1 N–H and O–H groups in total. The summed E-state index contributed by atoms with van der Waals surface area (Å²) in [4.78, 5) is 13.2. The molecule has 0 radical (unpaired) electrons. The monoisotopic (exact) mass is 398 g/mol. The fourth-order valence-corrected chi connectivity index (χ4v) is 3.71. The topological polar surface area (TPSA) is 59.3 Å². The van der Waals surface area contributed by atoms with Crippen molar-refractivity contribution in [2.24, 2.45) is 0 Å². The normalized spacial score (nSPS) is 11.0. The van der Waals surface area contributed by atoms with Crippen LogP contribution >= 0.6 is 46.7 Å². The first kappa shape index (κ1) is 17.4. The number of pyridine rings is 1. The van der Waals surface area contributed by atoms with Crippen molar-refractivity contribution in [3.63, 3.8) is 0 Å². The molecule has 0 aliphatic carbocycles. The summed E-state index contributed by atoms with van der Waals surface area (Å²) in [5, 5.41) is 12.4. The van der Waals surface area contributed by atoms with Crippen LogP contribution in [-0.2, 0) is 4.79 Å². The van der Waals surface area contributed by atoms with Gasteiger partial charge in [-0.25, -0.2) is 0 Å². The molecular formula is C15H12Cl2N4OS2. The van der Waals surface area contributed by atoms with E-state index in [-0.39, 0.29) is 11.7 Å². The van der Waals surface area contributed by atoms with Crippen molar-refractivity contribution in [3.8, 4) is 0 Å². The zero-order chi connectivity index (χ0) is 17.1.